The van der Waals surface area contributed by atoms with Crippen LogP contribution in [0, 0.1) is 0 Å². The third kappa shape index (κ3) is 3.79. The fourth-order valence-corrected chi connectivity index (χ4v) is 3.05. The Bertz CT molecular complexity index is 689. The van der Waals surface area contributed by atoms with E-state index >= 15 is 0 Å². The van der Waals surface area contributed by atoms with Gasteiger partial charge in [0.15, 0.2) is 16.7 Å². The molecule has 3 rings (SSSR count). The number of thioether (sulfide) groups is 1. The first kappa shape index (κ1) is 15.7. The molecule has 0 spiro atoms. The average molecular weight is 333 g/mol. The predicted octanol–water partition coefficient (Wildman–Crippen LogP) is 1.86. The second kappa shape index (κ2) is 6.95. The van der Waals surface area contributed by atoms with Crippen molar-refractivity contribution in [3.05, 3.63) is 36.7 Å². The minimum Gasteiger partial charge on any atom is -0.486 e. The molecule has 0 saturated heterocycles. The number of carbonyl (C=O) groups is 1. The first-order valence-corrected chi connectivity index (χ1v) is 8.31. The largest absolute Gasteiger partial charge is 0.486 e. The SMILES string of the molecule is C[C@H](Sc1nccn1C)C(=O)NC[C@@H]1COc2ccccc2O1. The van der Waals surface area contributed by atoms with Gasteiger partial charge in [-0.3, -0.25) is 4.79 Å². The van der Waals surface area contributed by atoms with Gasteiger partial charge in [0, 0.05) is 19.4 Å². The number of hydrogen-bond acceptors (Lipinski definition) is 5. The quantitative estimate of drug-likeness (QED) is 0.846. The molecule has 122 valence electrons. The molecule has 0 bridgehead atoms. The Morgan fingerprint density at radius 2 is 2.26 bits per heavy atom. The molecule has 7 heteroatoms. The summed E-state index contributed by atoms with van der Waals surface area (Å²) in [5, 5.41) is 3.50. The molecule has 0 aliphatic carbocycles. The maximum atomic E-state index is 12.2. The van der Waals surface area contributed by atoms with Gasteiger partial charge in [0.2, 0.25) is 5.91 Å². The van der Waals surface area contributed by atoms with Crippen LogP contribution in [0.2, 0.25) is 0 Å². The standard InChI is InChI=1S/C16H19N3O3S/c1-11(23-16-17-7-8-19(16)2)15(20)18-9-12-10-21-13-5-3-4-6-14(13)22-12/h3-8,11-12H,9-10H2,1-2H3,(H,18,20)/t11-,12+/m0/s1. The molecule has 1 N–H and O–H groups in total. The van der Waals surface area contributed by atoms with Crippen LogP contribution in [0.1, 0.15) is 6.92 Å². The van der Waals surface area contributed by atoms with Crippen LogP contribution in [0.3, 0.4) is 0 Å². The van der Waals surface area contributed by atoms with Crippen LogP contribution in [0.15, 0.2) is 41.8 Å². The van der Waals surface area contributed by atoms with Crippen molar-refractivity contribution in [1.29, 1.82) is 0 Å². The van der Waals surface area contributed by atoms with Crippen LogP contribution in [0.25, 0.3) is 0 Å². The van der Waals surface area contributed by atoms with Gasteiger partial charge in [0.25, 0.3) is 0 Å². The van der Waals surface area contributed by atoms with E-state index in [-0.39, 0.29) is 17.3 Å². The summed E-state index contributed by atoms with van der Waals surface area (Å²) in [5.41, 5.74) is 0. The highest BCUT2D eigenvalue weighted by Gasteiger charge is 2.23. The molecule has 2 aromatic rings. The number of amides is 1. The number of nitrogens with zero attached hydrogens (tertiary/aromatic N) is 2. The number of imidazole rings is 1. The number of carbonyl (C=O) groups excluding carboxylic acids is 1. The Morgan fingerprint density at radius 3 is 3.00 bits per heavy atom. The third-order valence-electron chi connectivity index (χ3n) is 3.50. The van der Waals surface area contributed by atoms with Gasteiger partial charge in [-0.1, -0.05) is 23.9 Å². The first-order chi connectivity index (χ1) is 11.1. The number of aryl methyl sites for hydroxylation is 1. The maximum absolute atomic E-state index is 12.2. The van der Waals surface area contributed by atoms with Gasteiger partial charge in [-0.2, -0.15) is 0 Å². The zero-order valence-electron chi connectivity index (χ0n) is 13.1. The fourth-order valence-electron chi connectivity index (χ4n) is 2.20. The molecule has 2 heterocycles. The fraction of sp³-hybridized carbons (Fsp3) is 0.375. The molecule has 0 saturated carbocycles. The lowest BCUT2D eigenvalue weighted by Crippen LogP contribution is -2.42. The highest BCUT2D eigenvalue weighted by atomic mass is 32.2. The summed E-state index contributed by atoms with van der Waals surface area (Å²) >= 11 is 1.43. The summed E-state index contributed by atoms with van der Waals surface area (Å²) in [4.78, 5) is 16.4. The van der Waals surface area contributed by atoms with Gasteiger partial charge in [-0.25, -0.2) is 4.98 Å². The molecule has 1 aliphatic rings. The van der Waals surface area contributed by atoms with Crippen molar-refractivity contribution in [2.24, 2.45) is 7.05 Å². The molecular weight excluding hydrogens is 314 g/mol. The lowest BCUT2D eigenvalue weighted by atomic mass is 10.2. The number of fused-ring (bicyclic) bond motifs is 1. The molecular formula is C16H19N3O3S. The van der Waals surface area contributed by atoms with Crippen LogP contribution < -0.4 is 14.8 Å². The van der Waals surface area contributed by atoms with E-state index in [1.807, 2.05) is 49.0 Å². The number of nitrogens with one attached hydrogen (secondary N) is 1. The Balaban J connectivity index is 1.49. The smallest absolute Gasteiger partial charge is 0.233 e. The van der Waals surface area contributed by atoms with Gasteiger partial charge in [0.05, 0.1) is 11.8 Å². The van der Waals surface area contributed by atoms with Crippen LogP contribution in [0.4, 0.5) is 0 Å². The molecule has 1 aliphatic heterocycles. The second-order valence-electron chi connectivity index (χ2n) is 5.32. The number of rotatable bonds is 5. The van der Waals surface area contributed by atoms with Crippen molar-refractivity contribution in [3.8, 4) is 11.5 Å². The topological polar surface area (TPSA) is 65.4 Å². The zero-order valence-corrected chi connectivity index (χ0v) is 13.9. The van der Waals surface area contributed by atoms with Crippen LogP contribution in [-0.2, 0) is 11.8 Å². The monoisotopic (exact) mass is 333 g/mol. The lowest BCUT2D eigenvalue weighted by molar-refractivity contribution is -0.120. The van der Waals surface area contributed by atoms with Gasteiger partial charge in [0.1, 0.15) is 12.7 Å². The van der Waals surface area contributed by atoms with Crippen molar-refractivity contribution in [1.82, 2.24) is 14.9 Å². The first-order valence-electron chi connectivity index (χ1n) is 7.43. The number of hydrogen-bond donors (Lipinski definition) is 1. The summed E-state index contributed by atoms with van der Waals surface area (Å²) in [7, 11) is 1.91. The number of benzene rings is 1. The van der Waals surface area contributed by atoms with E-state index in [9.17, 15) is 4.79 Å². The Hall–Kier alpha value is -2.15. The maximum Gasteiger partial charge on any atom is 0.233 e. The lowest BCUT2D eigenvalue weighted by Gasteiger charge is -2.26. The molecule has 0 unspecified atom stereocenters. The second-order valence-corrected chi connectivity index (χ2v) is 6.63. The number of para-hydroxylation sites is 2. The minimum atomic E-state index is -0.229. The van der Waals surface area contributed by atoms with Crippen molar-refractivity contribution in [2.45, 2.75) is 23.4 Å². The van der Waals surface area contributed by atoms with E-state index in [1.54, 1.807) is 6.20 Å². The van der Waals surface area contributed by atoms with E-state index in [1.165, 1.54) is 11.8 Å². The highest BCUT2D eigenvalue weighted by molar-refractivity contribution is 8.00. The van der Waals surface area contributed by atoms with Gasteiger partial charge < -0.3 is 19.4 Å². The summed E-state index contributed by atoms with van der Waals surface area (Å²) in [6.07, 6.45) is 3.40. The molecule has 1 amide bonds. The highest BCUT2D eigenvalue weighted by Crippen LogP contribution is 2.30. The van der Waals surface area contributed by atoms with E-state index in [0.717, 1.165) is 10.9 Å². The molecule has 1 aromatic heterocycles. The van der Waals surface area contributed by atoms with Gasteiger partial charge >= 0.3 is 0 Å². The normalized spacial score (nSPS) is 17.6. The zero-order chi connectivity index (χ0) is 16.2. The molecule has 23 heavy (non-hydrogen) atoms. The molecule has 0 fully saturated rings. The predicted molar refractivity (Wildman–Crippen MR) is 87.9 cm³/mol. The number of aromatic nitrogens is 2. The van der Waals surface area contributed by atoms with E-state index in [0.29, 0.717) is 18.9 Å². The van der Waals surface area contributed by atoms with E-state index in [2.05, 4.69) is 10.3 Å². The van der Waals surface area contributed by atoms with Gasteiger partial charge in [-0.05, 0) is 19.1 Å². The van der Waals surface area contributed by atoms with Gasteiger partial charge in [-0.15, -0.1) is 0 Å². The summed E-state index contributed by atoms with van der Waals surface area (Å²) in [6.45, 7) is 2.71. The minimum absolute atomic E-state index is 0.0412. The summed E-state index contributed by atoms with van der Waals surface area (Å²) < 4.78 is 13.4. The molecule has 0 radical (unpaired) electrons. The summed E-state index contributed by atoms with van der Waals surface area (Å²) in [5.74, 6) is 1.42. The Labute approximate surface area is 139 Å². The number of ether oxygens (including phenoxy) is 2. The Kier molecular flexibility index (Phi) is 4.76. The van der Waals surface area contributed by atoms with E-state index < -0.39 is 0 Å². The van der Waals surface area contributed by atoms with Crippen LogP contribution in [0.5, 0.6) is 11.5 Å². The van der Waals surface area contributed by atoms with Crippen molar-refractivity contribution in [3.63, 3.8) is 0 Å². The van der Waals surface area contributed by atoms with Crippen molar-refractivity contribution in [2.75, 3.05) is 13.2 Å². The molecule has 2 atom stereocenters. The average Bonchev–Trinajstić information content (AvgIpc) is 2.97. The Morgan fingerprint density at radius 1 is 1.48 bits per heavy atom. The van der Waals surface area contributed by atoms with Crippen LogP contribution >= 0.6 is 11.8 Å². The van der Waals surface area contributed by atoms with Crippen molar-refractivity contribution < 1.29 is 14.3 Å². The molecule has 1 aromatic carbocycles. The third-order valence-corrected chi connectivity index (χ3v) is 4.67. The summed E-state index contributed by atoms with van der Waals surface area (Å²) in [6, 6.07) is 7.54. The van der Waals surface area contributed by atoms with Crippen molar-refractivity contribution >= 4 is 17.7 Å². The van der Waals surface area contributed by atoms with Crippen LogP contribution in [-0.4, -0.2) is 40.0 Å². The van der Waals surface area contributed by atoms with E-state index in [4.69, 9.17) is 9.47 Å². The molecule has 6 nitrogen and oxygen atoms in total.